The molecule has 1 fully saturated rings. The quantitative estimate of drug-likeness (QED) is 0.808. The normalized spacial score (nSPS) is 24.5. The Hall–Kier alpha value is -0.860. The van der Waals surface area contributed by atoms with Crippen LogP contribution in [0.4, 0.5) is 0 Å². The molecule has 0 aliphatic carbocycles. The number of hydrogen-bond donors (Lipinski definition) is 0. The van der Waals surface area contributed by atoms with Gasteiger partial charge in [0.05, 0.1) is 17.5 Å². The number of rotatable bonds is 5. The maximum atomic E-state index is 12.5. The highest BCUT2D eigenvalue weighted by molar-refractivity contribution is 7.93. The molecule has 8 heteroatoms. The van der Waals surface area contributed by atoms with Gasteiger partial charge in [0.25, 0.3) is 0 Å². The van der Waals surface area contributed by atoms with Gasteiger partial charge in [-0.25, -0.2) is 16.8 Å². The van der Waals surface area contributed by atoms with Gasteiger partial charge in [-0.2, -0.15) is 4.31 Å². The maximum absolute atomic E-state index is 12.5. The molecule has 1 aliphatic heterocycles. The van der Waals surface area contributed by atoms with Gasteiger partial charge in [0.1, 0.15) is 21.4 Å². The highest BCUT2D eigenvalue weighted by atomic mass is 32.2. The van der Waals surface area contributed by atoms with Crippen LogP contribution in [0, 0.1) is 12.8 Å². The molecule has 0 aromatic carbocycles. The van der Waals surface area contributed by atoms with Gasteiger partial charge >= 0.3 is 0 Å². The second-order valence-corrected chi connectivity index (χ2v) is 10.5. The third-order valence-corrected chi connectivity index (χ3v) is 7.05. The summed E-state index contributed by atoms with van der Waals surface area (Å²) in [6, 6.07) is 3.27. The Morgan fingerprint density at radius 3 is 2.45 bits per heavy atom. The second-order valence-electron chi connectivity index (χ2n) is 6.15. The molecule has 0 radical (unpaired) electrons. The summed E-state index contributed by atoms with van der Waals surface area (Å²) in [6.45, 7) is 4.30. The Bertz CT molecular complexity index is 720. The summed E-state index contributed by atoms with van der Waals surface area (Å²) in [5.74, 6) is 1.03. The number of aryl methyl sites for hydroxylation is 1. The summed E-state index contributed by atoms with van der Waals surface area (Å²) in [4.78, 5) is 0. The largest absolute Gasteiger partial charge is 0.465 e. The van der Waals surface area contributed by atoms with E-state index >= 15 is 0 Å². The van der Waals surface area contributed by atoms with E-state index in [2.05, 4.69) is 6.92 Å². The lowest BCUT2D eigenvalue weighted by atomic mass is 9.93. The molecule has 2 rings (SSSR count). The molecule has 1 aliphatic rings. The van der Waals surface area contributed by atoms with Crippen LogP contribution < -0.4 is 0 Å². The third-order valence-electron chi connectivity index (χ3n) is 3.97. The van der Waals surface area contributed by atoms with E-state index in [4.69, 9.17) is 4.42 Å². The predicted molar refractivity (Wildman–Crippen MR) is 84.8 cm³/mol. The fraction of sp³-hybridized carbons (Fsp3) is 0.714. The van der Waals surface area contributed by atoms with Gasteiger partial charge in [0.15, 0.2) is 0 Å². The molecule has 22 heavy (non-hydrogen) atoms. The zero-order valence-corrected chi connectivity index (χ0v) is 14.8. The Morgan fingerprint density at radius 2 is 1.91 bits per heavy atom. The molecular formula is C14H23NO5S2. The highest BCUT2D eigenvalue weighted by Crippen LogP contribution is 2.36. The lowest BCUT2D eigenvalue weighted by Crippen LogP contribution is -2.42. The molecule has 1 aromatic rings. The summed E-state index contributed by atoms with van der Waals surface area (Å²) in [5, 5.41) is 0. The maximum Gasteiger partial charge on any atom is 0.215 e. The molecule has 2 heterocycles. The fourth-order valence-electron chi connectivity index (χ4n) is 2.72. The fourth-order valence-corrected chi connectivity index (χ4v) is 5.97. The van der Waals surface area contributed by atoms with Gasteiger partial charge in [-0.1, -0.05) is 6.92 Å². The van der Waals surface area contributed by atoms with Crippen LogP contribution in [0.1, 0.15) is 37.3 Å². The Morgan fingerprint density at radius 1 is 1.23 bits per heavy atom. The first-order chi connectivity index (χ1) is 10.1. The molecular weight excluding hydrogens is 326 g/mol. The van der Waals surface area contributed by atoms with Crippen molar-refractivity contribution in [1.82, 2.24) is 4.31 Å². The van der Waals surface area contributed by atoms with E-state index in [1.807, 2.05) is 13.0 Å². The molecule has 6 nitrogen and oxygen atoms in total. The van der Waals surface area contributed by atoms with Crippen LogP contribution in [0.25, 0.3) is 0 Å². The van der Waals surface area contributed by atoms with Gasteiger partial charge in [0, 0.05) is 12.8 Å². The van der Waals surface area contributed by atoms with Crippen molar-refractivity contribution in [2.45, 2.75) is 32.7 Å². The van der Waals surface area contributed by atoms with E-state index in [1.54, 1.807) is 6.07 Å². The van der Waals surface area contributed by atoms with E-state index in [1.165, 1.54) is 4.31 Å². The van der Waals surface area contributed by atoms with Crippen LogP contribution in [0.5, 0.6) is 0 Å². The van der Waals surface area contributed by atoms with Crippen LogP contribution in [0.2, 0.25) is 0 Å². The van der Waals surface area contributed by atoms with E-state index in [-0.39, 0.29) is 17.5 Å². The Labute approximate surface area is 132 Å². The highest BCUT2D eigenvalue weighted by Gasteiger charge is 2.37. The summed E-state index contributed by atoms with van der Waals surface area (Å²) in [6.07, 6.45) is 2.51. The zero-order valence-electron chi connectivity index (χ0n) is 13.1. The first kappa shape index (κ1) is 17.5. The molecule has 0 N–H and O–H groups in total. The van der Waals surface area contributed by atoms with Crippen LogP contribution in [0.15, 0.2) is 16.5 Å². The molecule has 1 saturated heterocycles. The number of nitrogens with zero attached hydrogens (tertiary/aromatic N) is 1. The third kappa shape index (κ3) is 4.33. The molecule has 0 spiro atoms. The van der Waals surface area contributed by atoms with Crippen molar-refractivity contribution < 1.29 is 21.3 Å². The summed E-state index contributed by atoms with van der Waals surface area (Å²) < 4.78 is 54.7. The van der Waals surface area contributed by atoms with Gasteiger partial charge in [-0.15, -0.1) is 0 Å². The first-order valence-corrected chi connectivity index (χ1v) is 11.0. The van der Waals surface area contributed by atoms with Crippen molar-refractivity contribution in [3.05, 3.63) is 23.7 Å². The van der Waals surface area contributed by atoms with E-state index < -0.39 is 19.9 Å². The van der Waals surface area contributed by atoms with E-state index in [9.17, 15) is 16.8 Å². The summed E-state index contributed by atoms with van der Waals surface area (Å²) >= 11 is 0. The molecule has 126 valence electrons. The van der Waals surface area contributed by atoms with E-state index in [0.29, 0.717) is 24.6 Å². The predicted octanol–water partition coefficient (Wildman–Crippen LogP) is 1.74. The first-order valence-electron chi connectivity index (χ1n) is 7.32. The Balaban J connectivity index is 2.25. The summed E-state index contributed by atoms with van der Waals surface area (Å²) in [5.41, 5.74) is 0. The minimum absolute atomic E-state index is 0.345. The van der Waals surface area contributed by atoms with Gasteiger partial charge in [0.2, 0.25) is 10.0 Å². The van der Waals surface area contributed by atoms with Crippen LogP contribution >= 0.6 is 0 Å². The lowest BCUT2D eigenvalue weighted by molar-refractivity contribution is 0.184. The van der Waals surface area contributed by atoms with Gasteiger partial charge in [-0.05, 0) is 37.8 Å². The molecule has 2 atom stereocenters. The Kier molecular flexibility index (Phi) is 5.03. The number of furan rings is 1. The molecule has 0 amide bonds. The smallest absolute Gasteiger partial charge is 0.215 e. The average molecular weight is 349 g/mol. The van der Waals surface area contributed by atoms with Crippen molar-refractivity contribution in [2.24, 2.45) is 5.92 Å². The molecule has 1 aromatic heterocycles. The van der Waals surface area contributed by atoms with Crippen LogP contribution in [-0.4, -0.2) is 45.4 Å². The van der Waals surface area contributed by atoms with Gasteiger partial charge in [-0.3, -0.25) is 0 Å². The molecule has 0 bridgehead atoms. The number of hydrogen-bond acceptors (Lipinski definition) is 5. The van der Waals surface area contributed by atoms with E-state index in [0.717, 1.165) is 18.4 Å². The number of piperidine rings is 1. The van der Waals surface area contributed by atoms with Gasteiger partial charge < -0.3 is 4.42 Å². The van der Waals surface area contributed by atoms with Crippen molar-refractivity contribution in [2.75, 3.05) is 24.3 Å². The lowest BCUT2D eigenvalue weighted by Gasteiger charge is -2.36. The number of sulfone groups is 1. The minimum atomic E-state index is -3.63. The molecule has 2 unspecified atom stereocenters. The van der Waals surface area contributed by atoms with Crippen molar-refractivity contribution >= 4 is 19.9 Å². The zero-order chi connectivity index (χ0) is 16.5. The van der Waals surface area contributed by atoms with Crippen molar-refractivity contribution in [1.29, 1.82) is 0 Å². The SMILES string of the molecule is Cc1ccc(C2CC(C)CCN2S(=O)(=O)CCS(C)(=O)=O)o1. The average Bonchev–Trinajstić information content (AvgIpc) is 2.82. The van der Waals surface area contributed by atoms with Crippen molar-refractivity contribution in [3.63, 3.8) is 0 Å². The molecule has 0 saturated carbocycles. The summed E-state index contributed by atoms with van der Waals surface area (Å²) in [7, 11) is -6.95. The van der Waals surface area contributed by atoms with Crippen LogP contribution in [0.3, 0.4) is 0 Å². The monoisotopic (exact) mass is 349 g/mol. The standard InChI is InChI=1S/C14H23NO5S2/c1-11-6-7-15(22(18,19)9-8-21(3,16)17)13(10-11)14-5-4-12(2)20-14/h4-5,11,13H,6-10H2,1-3H3. The van der Waals surface area contributed by atoms with Crippen LogP contribution in [-0.2, 0) is 19.9 Å². The topological polar surface area (TPSA) is 84.7 Å². The minimum Gasteiger partial charge on any atom is -0.465 e. The van der Waals surface area contributed by atoms with Crippen molar-refractivity contribution in [3.8, 4) is 0 Å². The second kappa shape index (κ2) is 6.33. The number of sulfonamides is 1.